The SMILES string of the molecule is Clc1nn(-c2ccccc2)nc1-c1ccc(CBr)cc1. The van der Waals surface area contributed by atoms with E-state index in [1.807, 2.05) is 54.6 Å². The zero-order valence-electron chi connectivity index (χ0n) is 10.5. The molecular weight excluding hydrogens is 338 g/mol. The van der Waals surface area contributed by atoms with Crippen LogP contribution in [0.15, 0.2) is 54.6 Å². The molecule has 3 aromatic rings. The molecule has 0 aliphatic carbocycles. The van der Waals surface area contributed by atoms with Gasteiger partial charge in [-0.15, -0.1) is 15.0 Å². The van der Waals surface area contributed by atoms with Gasteiger partial charge in [0.1, 0.15) is 5.69 Å². The van der Waals surface area contributed by atoms with E-state index in [1.165, 1.54) is 5.56 Å². The first-order valence-electron chi connectivity index (χ1n) is 6.11. The molecule has 1 heterocycles. The van der Waals surface area contributed by atoms with E-state index < -0.39 is 0 Å². The summed E-state index contributed by atoms with van der Waals surface area (Å²) in [7, 11) is 0. The summed E-state index contributed by atoms with van der Waals surface area (Å²) in [6.45, 7) is 0. The molecule has 3 nitrogen and oxygen atoms in total. The number of para-hydroxylation sites is 1. The van der Waals surface area contributed by atoms with Crippen molar-refractivity contribution < 1.29 is 0 Å². The molecule has 20 heavy (non-hydrogen) atoms. The Hall–Kier alpha value is -1.65. The van der Waals surface area contributed by atoms with E-state index >= 15 is 0 Å². The molecule has 0 bridgehead atoms. The number of nitrogens with zero attached hydrogens (tertiary/aromatic N) is 3. The zero-order chi connectivity index (χ0) is 13.9. The van der Waals surface area contributed by atoms with Crippen molar-refractivity contribution in [3.8, 4) is 16.9 Å². The van der Waals surface area contributed by atoms with E-state index in [9.17, 15) is 0 Å². The zero-order valence-corrected chi connectivity index (χ0v) is 12.8. The van der Waals surface area contributed by atoms with Crippen LogP contribution in [-0.2, 0) is 5.33 Å². The lowest BCUT2D eigenvalue weighted by Gasteiger charge is -1.99. The molecular formula is C15H11BrClN3. The van der Waals surface area contributed by atoms with Gasteiger partial charge >= 0.3 is 0 Å². The van der Waals surface area contributed by atoms with E-state index in [0.717, 1.165) is 16.6 Å². The monoisotopic (exact) mass is 347 g/mol. The number of hydrogen-bond acceptors (Lipinski definition) is 2. The maximum absolute atomic E-state index is 6.20. The van der Waals surface area contributed by atoms with Crippen molar-refractivity contribution in [3.63, 3.8) is 0 Å². The summed E-state index contributed by atoms with van der Waals surface area (Å²) in [5.74, 6) is 0. The smallest absolute Gasteiger partial charge is 0.149 e. The summed E-state index contributed by atoms with van der Waals surface area (Å²) in [6, 6.07) is 17.8. The van der Waals surface area contributed by atoms with Gasteiger partial charge in [-0.25, -0.2) is 0 Å². The summed E-state index contributed by atoms with van der Waals surface area (Å²) in [5.41, 5.74) is 3.75. The van der Waals surface area contributed by atoms with Crippen LogP contribution < -0.4 is 0 Å². The topological polar surface area (TPSA) is 30.7 Å². The first kappa shape index (κ1) is 13.3. The van der Waals surface area contributed by atoms with Gasteiger partial charge in [0.15, 0.2) is 5.15 Å². The standard InChI is InChI=1S/C15H11BrClN3/c16-10-11-6-8-12(9-7-11)14-15(17)19-20(18-14)13-4-2-1-3-5-13/h1-9H,10H2. The molecule has 0 unspecified atom stereocenters. The van der Waals surface area contributed by atoms with Crippen molar-refractivity contribution in [2.75, 3.05) is 0 Å². The highest BCUT2D eigenvalue weighted by Gasteiger charge is 2.12. The Morgan fingerprint density at radius 1 is 0.950 bits per heavy atom. The fraction of sp³-hybridized carbons (Fsp3) is 0.0667. The highest BCUT2D eigenvalue weighted by Crippen LogP contribution is 2.25. The number of aromatic nitrogens is 3. The van der Waals surface area contributed by atoms with E-state index in [0.29, 0.717) is 10.8 Å². The molecule has 0 saturated heterocycles. The molecule has 0 atom stereocenters. The molecule has 1 aromatic heterocycles. The van der Waals surface area contributed by atoms with E-state index in [4.69, 9.17) is 11.6 Å². The van der Waals surface area contributed by atoms with Crippen LogP contribution in [0.4, 0.5) is 0 Å². The van der Waals surface area contributed by atoms with Crippen LogP contribution in [0.5, 0.6) is 0 Å². The second-order valence-corrected chi connectivity index (χ2v) is 5.21. The van der Waals surface area contributed by atoms with Gasteiger partial charge in [-0.1, -0.05) is 70.0 Å². The third kappa shape index (κ3) is 2.62. The Kier molecular flexibility index (Phi) is 3.85. The van der Waals surface area contributed by atoms with Crippen LogP contribution in [0.25, 0.3) is 16.9 Å². The molecule has 2 aromatic carbocycles. The van der Waals surface area contributed by atoms with Crippen molar-refractivity contribution in [2.24, 2.45) is 0 Å². The number of benzene rings is 2. The second kappa shape index (κ2) is 5.77. The van der Waals surface area contributed by atoms with E-state index in [2.05, 4.69) is 26.1 Å². The van der Waals surface area contributed by atoms with Gasteiger partial charge in [-0.2, -0.15) is 0 Å². The van der Waals surface area contributed by atoms with Crippen molar-refractivity contribution in [3.05, 3.63) is 65.3 Å². The fourth-order valence-corrected chi connectivity index (χ4v) is 2.49. The fourth-order valence-electron chi connectivity index (χ4n) is 1.89. The van der Waals surface area contributed by atoms with Crippen molar-refractivity contribution in [1.29, 1.82) is 0 Å². The molecule has 0 aliphatic rings. The number of hydrogen-bond donors (Lipinski definition) is 0. The van der Waals surface area contributed by atoms with Gasteiger partial charge in [0.2, 0.25) is 0 Å². The molecule has 0 N–H and O–H groups in total. The van der Waals surface area contributed by atoms with Crippen LogP contribution in [0.3, 0.4) is 0 Å². The molecule has 5 heteroatoms. The Balaban J connectivity index is 2.00. The van der Waals surface area contributed by atoms with Gasteiger partial charge in [0, 0.05) is 10.9 Å². The average Bonchev–Trinajstić information content (AvgIpc) is 2.90. The summed E-state index contributed by atoms with van der Waals surface area (Å²) >= 11 is 9.63. The molecule has 0 saturated carbocycles. The molecule has 0 radical (unpaired) electrons. The lowest BCUT2D eigenvalue weighted by atomic mass is 10.1. The minimum absolute atomic E-state index is 0.403. The lowest BCUT2D eigenvalue weighted by molar-refractivity contribution is 0.754. The van der Waals surface area contributed by atoms with E-state index in [1.54, 1.807) is 4.80 Å². The summed E-state index contributed by atoms with van der Waals surface area (Å²) in [6.07, 6.45) is 0. The predicted octanol–water partition coefficient (Wildman–Crippen LogP) is 4.48. The highest BCUT2D eigenvalue weighted by atomic mass is 79.9. The lowest BCUT2D eigenvalue weighted by Crippen LogP contribution is -1.97. The Bertz CT molecular complexity index is 708. The van der Waals surface area contributed by atoms with Gasteiger partial charge in [0.25, 0.3) is 0 Å². The van der Waals surface area contributed by atoms with Crippen LogP contribution in [0, 0.1) is 0 Å². The molecule has 0 spiro atoms. The minimum atomic E-state index is 0.403. The van der Waals surface area contributed by atoms with Crippen molar-refractivity contribution in [1.82, 2.24) is 15.0 Å². The molecule has 0 amide bonds. The van der Waals surface area contributed by atoms with Crippen LogP contribution in [0.2, 0.25) is 5.15 Å². The van der Waals surface area contributed by atoms with Crippen LogP contribution in [0.1, 0.15) is 5.56 Å². The Morgan fingerprint density at radius 3 is 2.30 bits per heavy atom. The number of alkyl halides is 1. The average molecular weight is 349 g/mol. The Labute approximate surface area is 130 Å². The first-order chi connectivity index (χ1) is 9.78. The third-order valence-corrected chi connectivity index (χ3v) is 3.84. The number of halogens is 2. The second-order valence-electron chi connectivity index (χ2n) is 4.29. The van der Waals surface area contributed by atoms with Gasteiger partial charge in [0.05, 0.1) is 5.69 Å². The van der Waals surface area contributed by atoms with Crippen molar-refractivity contribution >= 4 is 27.5 Å². The highest BCUT2D eigenvalue weighted by molar-refractivity contribution is 9.08. The third-order valence-electron chi connectivity index (χ3n) is 2.94. The maximum Gasteiger partial charge on any atom is 0.179 e. The Morgan fingerprint density at radius 2 is 1.65 bits per heavy atom. The predicted molar refractivity (Wildman–Crippen MR) is 84.4 cm³/mol. The molecule has 0 fully saturated rings. The maximum atomic E-state index is 6.20. The van der Waals surface area contributed by atoms with Gasteiger partial charge in [-0.3, -0.25) is 0 Å². The first-order valence-corrected chi connectivity index (χ1v) is 7.61. The van der Waals surface area contributed by atoms with Crippen LogP contribution >= 0.6 is 27.5 Å². The largest absolute Gasteiger partial charge is 0.179 e. The summed E-state index contributed by atoms with van der Waals surface area (Å²) < 4.78 is 0. The van der Waals surface area contributed by atoms with Crippen LogP contribution in [-0.4, -0.2) is 15.0 Å². The number of rotatable bonds is 3. The van der Waals surface area contributed by atoms with Gasteiger partial charge < -0.3 is 0 Å². The summed E-state index contributed by atoms with van der Waals surface area (Å²) in [5, 5.41) is 9.96. The van der Waals surface area contributed by atoms with Gasteiger partial charge in [-0.05, 0) is 17.7 Å². The normalized spacial score (nSPS) is 10.7. The van der Waals surface area contributed by atoms with Crippen molar-refractivity contribution in [2.45, 2.75) is 5.33 Å². The molecule has 0 aliphatic heterocycles. The minimum Gasteiger partial charge on any atom is -0.149 e. The quantitative estimate of drug-likeness (QED) is 0.653. The molecule has 100 valence electrons. The summed E-state index contributed by atoms with van der Waals surface area (Å²) in [4.78, 5) is 1.55. The molecule has 3 rings (SSSR count). The van der Waals surface area contributed by atoms with E-state index in [-0.39, 0.29) is 0 Å².